The van der Waals surface area contributed by atoms with E-state index >= 15 is 0 Å². The van der Waals surface area contributed by atoms with Crippen molar-refractivity contribution in [2.24, 2.45) is 0 Å². The molecule has 0 unspecified atom stereocenters. The number of para-hydroxylation sites is 2. The number of phenols is 2. The van der Waals surface area contributed by atoms with E-state index in [0.29, 0.717) is 11.4 Å². The molecule has 1 radical (unpaired) electrons. The van der Waals surface area contributed by atoms with Gasteiger partial charge in [-0.2, -0.15) is 0 Å². The average Bonchev–Trinajstić information content (AvgIpc) is 2.74. The maximum Gasteiger partial charge on any atom is 0.142 e. The number of hydrogen-bond donors (Lipinski definition) is 4. The van der Waals surface area contributed by atoms with E-state index in [1.54, 1.807) is 0 Å². The molecular formula is C34H48CuN2O2. The van der Waals surface area contributed by atoms with Crippen molar-refractivity contribution in [3.8, 4) is 11.5 Å². The summed E-state index contributed by atoms with van der Waals surface area (Å²) in [6.07, 6.45) is 0. The van der Waals surface area contributed by atoms with Crippen LogP contribution in [0.1, 0.15) is 105 Å². The number of aromatic hydroxyl groups is 2. The van der Waals surface area contributed by atoms with E-state index in [-0.39, 0.29) is 50.2 Å². The quantitative estimate of drug-likeness (QED) is 0.183. The molecule has 0 aliphatic rings. The molecule has 3 aromatic carbocycles. The van der Waals surface area contributed by atoms with Crippen molar-refractivity contribution in [3.63, 3.8) is 0 Å². The van der Waals surface area contributed by atoms with Crippen molar-refractivity contribution >= 4 is 22.7 Å². The predicted octanol–water partition coefficient (Wildman–Crippen LogP) is 9.77. The van der Waals surface area contributed by atoms with Gasteiger partial charge in [0, 0.05) is 28.2 Å². The second-order valence-electron chi connectivity index (χ2n) is 14.6. The van der Waals surface area contributed by atoms with Crippen LogP contribution < -0.4 is 10.6 Å². The molecule has 0 bridgehead atoms. The van der Waals surface area contributed by atoms with Crippen LogP contribution in [-0.4, -0.2) is 10.2 Å². The summed E-state index contributed by atoms with van der Waals surface area (Å²) in [6, 6.07) is 16.2. The van der Waals surface area contributed by atoms with Crippen molar-refractivity contribution in [3.05, 3.63) is 70.8 Å². The van der Waals surface area contributed by atoms with Gasteiger partial charge in [-0.25, -0.2) is 0 Å². The first kappa shape index (κ1) is 32.6. The first-order chi connectivity index (χ1) is 17.2. The Bertz CT molecular complexity index is 1210. The Morgan fingerprint density at radius 3 is 1.03 bits per heavy atom. The average molecular weight is 580 g/mol. The molecule has 39 heavy (non-hydrogen) atoms. The molecule has 3 aromatic rings. The minimum Gasteiger partial charge on any atom is -0.505 e. The molecule has 217 valence electrons. The van der Waals surface area contributed by atoms with E-state index in [1.165, 1.54) is 0 Å². The van der Waals surface area contributed by atoms with Crippen molar-refractivity contribution in [1.29, 1.82) is 0 Å². The van der Waals surface area contributed by atoms with Gasteiger partial charge in [-0.05, 0) is 57.1 Å². The molecule has 0 aliphatic carbocycles. The van der Waals surface area contributed by atoms with Crippen molar-refractivity contribution in [1.82, 2.24) is 0 Å². The number of nitrogens with one attached hydrogen (secondary N) is 2. The SMILES string of the molecule is CC(C)(C)c1cc(Nc2ccccc2Nc2cc(C(C)(C)C)cc(C(C)(C)C)c2O)c(O)c(C(C)(C)C)c1.[Cu]. The van der Waals surface area contributed by atoms with Gasteiger partial charge in [0.05, 0.1) is 22.7 Å². The van der Waals surface area contributed by atoms with Crippen LogP contribution in [0.2, 0.25) is 0 Å². The number of phenolic OH excluding ortho intramolecular Hbond substituents is 2. The minimum atomic E-state index is -0.220. The standard InChI is InChI=1S/C34H48N2O2.Cu/c1-31(2,3)21-17-23(33(7,8)9)29(37)27(19-21)35-25-15-13-14-16-26(25)36-28-20-22(32(4,5)6)18-24(30(28)38)34(10,11)12;/h13-20,35-38H,1-12H3;. The van der Waals surface area contributed by atoms with Gasteiger partial charge in [0.2, 0.25) is 0 Å². The first-order valence-corrected chi connectivity index (χ1v) is 13.6. The van der Waals surface area contributed by atoms with E-state index in [2.05, 4.69) is 106 Å². The van der Waals surface area contributed by atoms with Crippen LogP contribution in [0.3, 0.4) is 0 Å². The minimum absolute atomic E-state index is 0. The van der Waals surface area contributed by atoms with Crippen LogP contribution in [0.4, 0.5) is 22.7 Å². The summed E-state index contributed by atoms with van der Waals surface area (Å²) in [5.74, 6) is 0.515. The van der Waals surface area contributed by atoms with Gasteiger partial charge in [0.25, 0.3) is 0 Å². The van der Waals surface area contributed by atoms with Gasteiger partial charge in [0.15, 0.2) is 0 Å². The number of hydrogen-bond acceptors (Lipinski definition) is 4. The molecule has 0 fully saturated rings. The zero-order chi connectivity index (χ0) is 28.8. The van der Waals surface area contributed by atoms with E-state index < -0.39 is 0 Å². The molecule has 5 heteroatoms. The Morgan fingerprint density at radius 2 is 0.769 bits per heavy atom. The summed E-state index contributed by atoms with van der Waals surface area (Å²) in [5.41, 5.74) is 6.47. The van der Waals surface area contributed by atoms with E-state index in [0.717, 1.165) is 33.6 Å². The molecule has 3 rings (SSSR count). The zero-order valence-electron chi connectivity index (χ0n) is 25.8. The maximum absolute atomic E-state index is 11.3. The Morgan fingerprint density at radius 1 is 0.462 bits per heavy atom. The third kappa shape index (κ3) is 7.52. The van der Waals surface area contributed by atoms with Crippen LogP contribution in [0, 0.1) is 0 Å². The van der Waals surface area contributed by atoms with Gasteiger partial charge >= 0.3 is 0 Å². The van der Waals surface area contributed by atoms with Crippen LogP contribution >= 0.6 is 0 Å². The van der Waals surface area contributed by atoms with Gasteiger partial charge in [-0.3, -0.25) is 0 Å². The zero-order valence-corrected chi connectivity index (χ0v) is 26.8. The molecule has 0 saturated carbocycles. The molecule has 0 heterocycles. The molecule has 4 nitrogen and oxygen atoms in total. The summed E-state index contributed by atoms with van der Waals surface area (Å²) in [7, 11) is 0. The Balaban J connectivity index is 0.00000533. The number of anilines is 4. The van der Waals surface area contributed by atoms with Crippen molar-refractivity contribution in [2.75, 3.05) is 10.6 Å². The molecule has 0 saturated heterocycles. The molecule has 0 spiro atoms. The van der Waals surface area contributed by atoms with Gasteiger partial charge in [0.1, 0.15) is 11.5 Å². The maximum atomic E-state index is 11.3. The Kier molecular flexibility index (Phi) is 9.28. The smallest absolute Gasteiger partial charge is 0.142 e. The fourth-order valence-electron chi connectivity index (χ4n) is 4.46. The third-order valence-corrected chi connectivity index (χ3v) is 7.03. The molecule has 4 N–H and O–H groups in total. The molecule has 0 aliphatic heterocycles. The van der Waals surface area contributed by atoms with Crippen LogP contribution in [0.15, 0.2) is 48.5 Å². The number of rotatable bonds is 4. The first-order valence-electron chi connectivity index (χ1n) is 13.6. The molecular weight excluding hydrogens is 532 g/mol. The molecule has 0 atom stereocenters. The van der Waals surface area contributed by atoms with Crippen molar-refractivity contribution < 1.29 is 27.3 Å². The van der Waals surface area contributed by atoms with E-state index in [9.17, 15) is 10.2 Å². The summed E-state index contributed by atoms with van der Waals surface area (Å²) in [4.78, 5) is 0. The monoisotopic (exact) mass is 579 g/mol. The van der Waals surface area contributed by atoms with Crippen molar-refractivity contribution in [2.45, 2.75) is 105 Å². The van der Waals surface area contributed by atoms with Gasteiger partial charge in [-0.15, -0.1) is 0 Å². The third-order valence-electron chi connectivity index (χ3n) is 7.03. The molecule has 0 amide bonds. The summed E-state index contributed by atoms with van der Waals surface area (Å²) in [5, 5.41) is 29.7. The summed E-state index contributed by atoms with van der Waals surface area (Å²) in [6.45, 7) is 25.8. The summed E-state index contributed by atoms with van der Waals surface area (Å²) < 4.78 is 0. The largest absolute Gasteiger partial charge is 0.505 e. The fourth-order valence-corrected chi connectivity index (χ4v) is 4.46. The Hall–Kier alpha value is -2.62. The van der Waals surface area contributed by atoms with Gasteiger partial charge < -0.3 is 20.8 Å². The normalized spacial score (nSPS) is 12.6. The fraction of sp³-hybridized carbons (Fsp3) is 0.471. The second kappa shape index (κ2) is 11.1. The predicted molar refractivity (Wildman–Crippen MR) is 164 cm³/mol. The van der Waals surface area contributed by atoms with Gasteiger partial charge in [-0.1, -0.05) is 107 Å². The summed E-state index contributed by atoms with van der Waals surface area (Å²) >= 11 is 0. The van der Waals surface area contributed by atoms with E-state index in [4.69, 9.17) is 0 Å². The Labute approximate surface area is 247 Å². The second-order valence-corrected chi connectivity index (χ2v) is 14.6. The van der Waals surface area contributed by atoms with Crippen LogP contribution in [0.5, 0.6) is 11.5 Å². The topological polar surface area (TPSA) is 64.5 Å². The van der Waals surface area contributed by atoms with Crippen LogP contribution in [-0.2, 0) is 38.7 Å². The number of benzene rings is 3. The van der Waals surface area contributed by atoms with E-state index in [1.807, 2.05) is 36.4 Å². The molecule has 0 aromatic heterocycles. The van der Waals surface area contributed by atoms with Crippen LogP contribution in [0.25, 0.3) is 0 Å².